The lowest BCUT2D eigenvalue weighted by Crippen LogP contribution is -2.46. The molecule has 1 unspecified atom stereocenters. The molecule has 2 heterocycles. The zero-order chi connectivity index (χ0) is 21.2. The minimum absolute atomic E-state index is 0.0302. The predicted molar refractivity (Wildman–Crippen MR) is 115 cm³/mol. The van der Waals surface area contributed by atoms with Gasteiger partial charge in [0.25, 0.3) is 0 Å². The molecule has 0 radical (unpaired) electrons. The normalized spacial score (nSPS) is 22.6. The Labute approximate surface area is 176 Å². The van der Waals surface area contributed by atoms with Gasteiger partial charge in [-0.15, -0.1) is 11.3 Å². The van der Waals surface area contributed by atoms with E-state index in [2.05, 4.69) is 5.32 Å². The molecular weight excluding hydrogens is 432 g/mol. The molecule has 0 amide bonds. The summed E-state index contributed by atoms with van der Waals surface area (Å²) in [5, 5.41) is 4.21. The van der Waals surface area contributed by atoms with Gasteiger partial charge in [0.2, 0.25) is 0 Å². The lowest BCUT2D eigenvalue weighted by atomic mass is 10.2. The molecule has 1 aliphatic rings. The number of benzene rings is 1. The topological polar surface area (TPSA) is 92.8 Å². The van der Waals surface area contributed by atoms with Crippen molar-refractivity contribution < 1.29 is 21.6 Å². The van der Waals surface area contributed by atoms with Crippen LogP contribution >= 0.6 is 11.3 Å². The van der Waals surface area contributed by atoms with E-state index in [-0.39, 0.29) is 22.4 Å². The number of sulfone groups is 2. The number of thiophene rings is 1. The molecule has 3 rings (SSSR count). The van der Waals surface area contributed by atoms with Gasteiger partial charge in [-0.25, -0.2) is 16.8 Å². The van der Waals surface area contributed by atoms with E-state index in [0.29, 0.717) is 12.3 Å². The van der Waals surface area contributed by atoms with Gasteiger partial charge in [-0.3, -0.25) is 0 Å². The van der Waals surface area contributed by atoms with Crippen molar-refractivity contribution in [2.24, 2.45) is 0 Å². The molecule has 0 bridgehead atoms. The monoisotopic (exact) mass is 458 g/mol. The number of ether oxygens (including phenoxy) is 1. The van der Waals surface area contributed by atoms with Gasteiger partial charge in [0.05, 0.1) is 34.8 Å². The Kier molecular flexibility index (Phi) is 6.69. The highest BCUT2D eigenvalue weighted by atomic mass is 32.2. The van der Waals surface area contributed by atoms with Gasteiger partial charge in [0.15, 0.2) is 19.7 Å². The molecule has 0 aliphatic carbocycles. The summed E-state index contributed by atoms with van der Waals surface area (Å²) in [5.74, 6) is -0.00934. The van der Waals surface area contributed by atoms with E-state index < -0.39 is 31.0 Å². The summed E-state index contributed by atoms with van der Waals surface area (Å²) in [6.45, 7) is 0.461. The van der Waals surface area contributed by atoms with Crippen LogP contribution in [-0.2, 0) is 19.7 Å². The fourth-order valence-electron chi connectivity index (χ4n) is 3.53. The van der Waals surface area contributed by atoms with Crippen molar-refractivity contribution in [3.8, 4) is 5.75 Å². The van der Waals surface area contributed by atoms with Crippen LogP contribution < -0.4 is 10.1 Å². The van der Waals surface area contributed by atoms with Gasteiger partial charge in [-0.2, -0.15) is 0 Å². The molecule has 1 fully saturated rings. The van der Waals surface area contributed by atoms with Crippen LogP contribution in [0.1, 0.15) is 10.9 Å². The highest BCUT2D eigenvalue weighted by molar-refractivity contribution is 7.96. The van der Waals surface area contributed by atoms with E-state index >= 15 is 0 Å². The van der Waals surface area contributed by atoms with Crippen LogP contribution in [0, 0.1) is 0 Å². The second-order valence-electron chi connectivity index (χ2n) is 7.35. The van der Waals surface area contributed by atoms with E-state index in [1.807, 2.05) is 36.5 Å². The number of hydrogen-bond donors (Lipinski definition) is 1. The van der Waals surface area contributed by atoms with Gasteiger partial charge in [0.1, 0.15) is 5.75 Å². The molecule has 10 heteroatoms. The highest BCUT2D eigenvalue weighted by Gasteiger charge is 2.45. The molecule has 0 spiro atoms. The Morgan fingerprint density at radius 1 is 1.21 bits per heavy atom. The van der Waals surface area contributed by atoms with Crippen LogP contribution in [0.15, 0.2) is 46.7 Å². The standard InChI is InChI=1S/C19H26N2O5S3/c1-21(2)17(18-5-4-10-27-18)11-20-16-12-28(22,23)13-19(16)29(24,25)15-8-6-14(26-3)7-9-15/h4-10,16-17,19-20H,11-13H2,1-3H3/t16-,17?,19-/m0/s1. The summed E-state index contributed by atoms with van der Waals surface area (Å²) < 4.78 is 56.1. The smallest absolute Gasteiger partial charge is 0.183 e. The summed E-state index contributed by atoms with van der Waals surface area (Å²) in [6.07, 6.45) is 0. The molecule has 1 aromatic carbocycles. The minimum atomic E-state index is -3.81. The molecule has 1 aromatic heterocycles. The lowest BCUT2D eigenvalue weighted by Gasteiger charge is -2.27. The Morgan fingerprint density at radius 3 is 2.45 bits per heavy atom. The third-order valence-electron chi connectivity index (χ3n) is 5.16. The Bertz CT molecular complexity index is 1020. The Balaban J connectivity index is 1.83. The Morgan fingerprint density at radius 2 is 1.90 bits per heavy atom. The van der Waals surface area contributed by atoms with Crippen molar-refractivity contribution in [3.05, 3.63) is 46.7 Å². The second kappa shape index (κ2) is 8.73. The lowest BCUT2D eigenvalue weighted by molar-refractivity contribution is 0.285. The van der Waals surface area contributed by atoms with Crippen molar-refractivity contribution in [1.82, 2.24) is 10.2 Å². The number of rotatable bonds is 8. The first kappa shape index (κ1) is 22.2. The van der Waals surface area contributed by atoms with Crippen molar-refractivity contribution >= 4 is 31.0 Å². The van der Waals surface area contributed by atoms with Crippen molar-refractivity contribution in [3.63, 3.8) is 0 Å². The number of hydrogen-bond acceptors (Lipinski definition) is 8. The first-order valence-corrected chi connectivity index (χ1v) is 13.4. The molecule has 160 valence electrons. The summed E-state index contributed by atoms with van der Waals surface area (Å²) in [7, 11) is -1.87. The number of nitrogens with one attached hydrogen (secondary N) is 1. The molecule has 1 aliphatic heterocycles. The van der Waals surface area contributed by atoms with Crippen LogP contribution in [0.3, 0.4) is 0 Å². The van der Waals surface area contributed by atoms with Gasteiger partial charge in [-0.1, -0.05) is 6.07 Å². The quantitative estimate of drug-likeness (QED) is 0.642. The second-order valence-corrected chi connectivity index (χ2v) is 12.6. The molecular formula is C19H26N2O5S3. The van der Waals surface area contributed by atoms with Gasteiger partial charge in [-0.05, 0) is 49.8 Å². The molecule has 3 atom stereocenters. The van der Waals surface area contributed by atoms with E-state index in [0.717, 1.165) is 4.88 Å². The summed E-state index contributed by atoms with van der Waals surface area (Å²) in [5.41, 5.74) is 0. The van der Waals surface area contributed by atoms with E-state index in [1.54, 1.807) is 23.5 Å². The highest BCUT2D eigenvalue weighted by Crippen LogP contribution is 2.28. The number of likely N-dealkylation sites (N-methyl/N-ethyl adjacent to an activating group) is 1. The molecule has 7 nitrogen and oxygen atoms in total. The molecule has 29 heavy (non-hydrogen) atoms. The fraction of sp³-hybridized carbons (Fsp3) is 0.474. The van der Waals surface area contributed by atoms with Crippen LogP contribution in [0.25, 0.3) is 0 Å². The van der Waals surface area contributed by atoms with Crippen LogP contribution in [0.2, 0.25) is 0 Å². The van der Waals surface area contributed by atoms with Crippen LogP contribution in [0.5, 0.6) is 5.75 Å². The van der Waals surface area contributed by atoms with E-state index in [4.69, 9.17) is 4.74 Å². The molecule has 0 saturated carbocycles. The van der Waals surface area contributed by atoms with Gasteiger partial charge < -0.3 is 15.0 Å². The summed E-state index contributed by atoms with van der Waals surface area (Å²) in [6, 6.07) is 9.42. The van der Waals surface area contributed by atoms with Crippen LogP contribution in [-0.4, -0.2) is 72.3 Å². The minimum Gasteiger partial charge on any atom is -0.497 e. The van der Waals surface area contributed by atoms with Crippen LogP contribution in [0.4, 0.5) is 0 Å². The van der Waals surface area contributed by atoms with E-state index in [9.17, 15) is 16.8 Å². The average Bonchev–Trinajstić information content (AvgIpc) is 3.29. The average molecular weight is 459 g/mol. The van der Waals surface area contributed by atoms with Crippen molar-refractivity contribution in [2.45, 2.75) is 22.2 Å². The third kappa shape index (κ3) is 5.00. The van der Waals surface area contributed by atoms with Gasteiger partial charge in [0, 0.05) is 17.5 Å². The fourth-order valence-corrected chi connectivity index (χ4v) is 9.17. The van der Waals surface area contributed by atoms with Crippen molar-refractivity contribution in [2.75, 3.05) is 39.3 Å². The van der Waals surface area contributed by atoms with Gasteiger partial charge >= 0.3 is 0 Å². The van der Waals surface area contributed by atoms with Crippen molar-refractivity contribution in [1.29, 1.82) is 0 Å². The first-order chi connectivity index (χ1) is 13.6. The number of nitrogens with zero attached hydrogens (tertiary/aromatic N) is 1. The molecule has 1 saturated heterocycles. The Hall–Kier alpha value is -1.46. The largest absolute Gasteiger partial charge is 0.497 e. The maximum Gasteiger partial charge on any atom is 0.183 e. The molecule has 2 aromatic rings. The first-order valence-electron chi connectivity index (χ1n) is 9.15. The SMILES string of the molecule is COc1ccc(S(=O)(=O)[C@H]2CS(=O)(=O)C[C@@H]2NCC(c2cccs2)N(C)C)cc1. The maximum atomic E-state index is 13.2. The summed E-state index contributed by atoms with van der Waals surface area (Å²) >= 11 is 1.62. The maximum absolute atomic E-state index is 13.2. The summed E-state index contributed by atoms with van der Waals surface area (Å²) in [4.78, 5) is 3.28. The van der Waals surface area contributed by atoms with E-state index in [1.165, 1.54) is 19.2 Å². The number of methoxy groups -OCH3 is 1. The molecule has 1 N–H and O–H groups in total. The third-order valence-corrected chi connectivity index (χ3v) is 10.3. The zero-order valence-electron chi connectivity index (χ0n) is 16.6. The zero-order valence-corrected chi connectivity index (χ0v) is 19.1. The predicted octanol–water partition coefficient (Wildman–Crippen LogP) is 1.59.